The molecule has 0 saturated carbocycles. The van der Waals surface area contributed by atoms with Crippen molar-refractivity contribution in [3.63, 3.8) is 0 Å². The third-order valence-electron chi connectivity index (χ3n) is 4.18. The van der Waals surface area contributed by atoms with Crippen LogP contribution in [0.4, 0.5) is 0 Å². The van der Waals surface area contributed by atoms with Crippen LogP contribution in [-0.2, 0) is 14.3 Å². The topological polar surface area (TPSA) is 87.7 Å². The lowest BCUT2D eigenvalue weighted by atomic mass is 9.78. The van der Waals surface area contributed by atoms with E-state index in [0.717, 1.165) is 25.9 Å². The van der Waals surface area contributed by atoms with Crippen molar-refractivity contribution in [2.45, 2.75) is 25.3 Å². The quantitative estimate of drug-likeness (QED) is 0.625. The second-order valence-corrected chi connectivity index (χ2v) is 5.61. The minimum atomic E-state index is -0.841. The Balaban J connectivity index is 1.96. The first-order chi connectivity index (χ1) is 9.57. The van der Waals surface area contributed by atoms with E-state index in [0.29, 0.717) is 13.0 Å². The summed E-state index contributed by atoms with van der Waals surface area (Å²) in [5, 5.41) is 15.2. The van der Waals surface area contributed by atoms with E-state index >= 15 is 0 Å². The molecule has 0 aromatic carbocycles. The number of hydrogen-bond acceptors (Lipinski definition) is 4. The van der Waals surface area contributed by atoms with Crippen molar-refractivity contribution in [1.29, 1.82) is 0 Å². The molecule has 1 heterocycles. The number of amides is 1. The molecular weight excluding hydrogens is 260 g/mol. The molecule has 112 valence electrons. The molecule has 0 aromatic heterocycles. The number of piperidine rings is 1. The summed E-state index contributed by atoms with van der Waals surface area (Å²) in [6.45, 7) is 2.00. The Kier molecular flexibility index (Phi) is 4.77. The van der Waals surface area contributed by atoms with Gasteiger partial charge in [-0.05, 0) is 32.4 Å². The van der Waals surface area contributed by atoms with Gasteiger partial charge in [-0.25, -0.2) is 0 Å². The zero-order chi connectivity index (χ0) is 14.6. The highest BCUT2D eigenvalue weighted by atomic mass is 16.5. The standard InChI is InChI=1S/C14H22N2O4/c1-20-9-14(4-6-15-7-5-14)13(19)16-11-3-2-10(8-11)12(17)18/h2-3,10-11,15H,4-9H2,1H3,(H,16,19)(H,17,18). The van der Waals surface area contributed by atoms with Gasteiger partial charge in [-0.15, -0.1) is 0 Å². The summed E-state index contributed by atoms with van der Waals surface area (Å²) in [5.41, 5.74) is -0.491. The third kappa shape index (κ3) is 3.19. The maximum atomic E-state index is 12.5. The molecule has 2 aliphatic rings. The Hall–Kier alpha value is -1.40. The summed E-state index contributed by atoms with van der Waals surface area (Å²) in [6.07, 6.45) is 5.34. The van der Waals surface area contributed by atoms with Crippen LogP contribution in [0.3, 0.4) is 0 Å². The van der Waals surface area contributed by atoms with E-state index in [9.17, 15) is 9.59 Å². The normalized spacial score (nSPS) is 28.2. The van der Waals surface area contributed by atoms with E-state index in [1.807, 2.05) is 0 Å². The fraction of sp³-hybridized carbons (Fsp3) is 0.714. The highest BCUT2D eigenvalue weighted by Gasteiger charge is 2.40. The highest BCUT2D eigenvalue weighted by Crippen LogP contribution is 2.30. The van der Waals surface area contributed by atoms with Gasteiger partial charge >= 0.3 is 5.97 Å². The predicted molar refractivity (Wildman–Crippen MR) is 73.2 cm³/mol. The summed E-state index contributed by atoms with van der Waals surface area (Å²) in [6, 6.07) is -0.188. The number of aliphatic carboxylic acids is 1. The van der Waals surface area contributed by atoms with E-state index in [4.69, 9.17) is 9.84 Å². The minimum Gasteiger partial charge on any atom is -0.481 e. The summed E-state index contributed by atoms with van der Waals surface area (Å²) >= 11 is 0. The number of carboxylic acid groups (broad SMARTS) is 1. The molecule has 3 N–H and O–H groups in total. The van der Waals surface area contributed by atoms with E-state index in [1.165, 1.54) is 0 Å². The number of ether oxygens (including phenoxy) is 1. The summed E-state index contributed by atoms with van der Waals surface area (Å²) in [7, 11) is 1.60. The van der Waals surface area contributed by atoms with Crippen LogP contribution in [0.15, 0.2) is 12.2 Å². The number of carbonyl (C=O) groups excluding carboxylic acids is 1. The molecule has 0 bridgehead atoms. The fourth-order valence-corrected chi connectivity index (χ4v) is 2.93. The summed E-state index contributed by atoms with van der Waals surface area (Å²) in [5.74, 6) is -1.36. The summed E-state index contributed by atoms with van der Waals surface area (Å²) < 4.78 is 5.23. The molecule has 1 fully saturated rings. The summed E-state index contributed by atoms with van der Waals surface area (Å²) in [4.78, 5) is 23.5. The van der Waals surface area contributed by atoms with Crippen LogP contribution in [0.2, 0.25) is 0 Å². The van der Waals surface area contributed by atoms with Crippen molar-refractivity contribution in [3.8, 4) is 0 Å². The second-order valence-electron chi connectivity index (χ2n) is 5.61. The Labute approximate surface area is 118 Å². The lowest BCUT2D eigenvalue weighted by molar-refractivity contribution is -0.141. The maximum Gasteiger partial charge on any atom is 0.310 e. The first kappa shape index (κ1) is 15.0. The van der Waals surface area contributed by atoms with E-state index < -0.39 is 17.3 Å². The van der Waals surface area contributed by atoms with Gasteiger partial charge in [0.25, 0.3) is 0 Å². The molecule has 2 rings (SSSR count). The highest BCUT2D eigenvalue weighted by molar-refractivity contribution is 5.84. The van der Waals surface area contributed by atoms with Crippen molar-refractivity contribution in [1.82, 2.24) is 10.6 Å². The van der Waals surface area contributed by atoms with Gasteiger partial charge in [0, 0.05) is 13.2 Å². The lowest BCUT2D eigenvalue weighted by Crippen LogP contribution is -2.52. The van der Waals surface area contributed by atoms with Gasteiger partial charge < -0.3 is 20.5 Å². The van der Waals surface area contributed by atoms with Gasteiger partial charge in [0.05, 0.1) is 17.9 Å². The van der Waals surface area contributed by atoms with Crippen molar-refractivity contribution in [2.75, 3.05) is 26.8 Å². The Bertz CT molecular complexity index is 396. The Morgan fingerprint density at radius 1 is 1.40 bits per heavy atom. The number of hydrogen-bond donors (Lipinski definition) is 3. The molecule has 1 aliphatic heterocycles. The number of carboxylic acids is 1. The van der Waals surface area contributed by atoms with E-state index in [1.54, 1.807) is 19.3 Å². The molecular formula is C14H22N2O4. The van der Waals surface area contributed by atoms with Crippen LogP contribution < -0.4 is 10.6 Å². The van der Waals surface area contributed by atoms with Crippen molar-refractivity contribution in [3.05, 3.63) is 12.2 Å². The van der Waals surface area contributed by atoms with Crippen molar-refractivity contribution >= 4 is 11.9 Å². The maximum absolute atomic E-state index is 12.5. The van der Waals surface area contributed by atoms with Crippen LogP contribution in [-0.4, -0.2) is 49.8 Å². The van der Waals surface area contributed by atoms with Gasteiger partial charge in [0.2, 0.25) is 5.91 Å². The number of nitrogens with one attached hydrogen (secondary N) is 2. The first-order valence-corrected chi connectivity index (χ1v) is 6.99. The van der Waals surface area contributed by atoms with Crippen molar-refractivity contribution < 1.29 is 19.4 Å². The van der Waals surface area contributed by atoms with Crippen LogP contribution in [0.25, 0.3) is 0 Å². The first-order valence-electron chi connectivity index (χ1n) is 6.99. The van der Waals surface area contributed by atoms with Gasteiger partial charge in [0.15, 0.2) is 0 Å². The van der Waals surface area contributed by atoms with Crippen LogP contribution in [0.1, 0.15) is 19.3 Å². The van der Waals surface area contributed by atoms with Gasteiger partial charge in [0.1, 0.15) is 0 Å². The average Bonchev–Trinajstić information content (AvgIpc) is 2.89. The Morgan fingerprint density at radius 2 is 2.10 bits per heavy atom. The molecule has 6 nitrogen and oxygen atoms in total. The Morgan fingerprint density at radius 3 is 2.65 bits per heavy atom. The lowest BCUT2D eigenvalue weighted by Gasteiger charge is -2.36. The van der Waals surface area contributed by atoms with Crippen LogP contribution >= 0.6 is 0 Å². The predicted octanol–water partition coefficient (Wildman–Crippen LogP) is 0.148. The minimum absolute atomic E-state index is 0.0264. The second kappa shape index (κ2) is 6.37. The van der Waals surface area contributed by atoms with Gasteiger partial charge in [-0.3, -0.25) is 9.59 Å². The smallest absolute Gasteiger partial charge is 0.310 e. The molecule has 1 aliphatic carbocycles. The van der Waals surface area contributed by atoms with E-state index in [-0.39, 0.29) is 11.9 Å². The molecule has 6 heteroatoms. The molecule has 0 radical (unpaired) electrons. The SMILES string of the molecule is COCC1(C(=O)NC2C=CC(C(=O)O)C2)CCNCC1. The van der Waals surface area contributed by atoms with Crippen LogP contribution in [0.5, 0.6) is 0 Å². The van der Waals surface area contributed by atoms with Gasteiger partial charge in [-0.2, -0.15) is 0 Å². The largest absolute Gasteiger partial charge is 0.481 e. The number of rotatable bonds is 5. The zero-order valence-electron chi connectivity index (χ0n) is 11.7. The molecule has 2 atom stereocenters. The molecule has 1 saturated heterocycles. The molecule has 0 aromatic rings. The number of methoxy groups -OCH3 is 1. The third-order valence-corrected chi connectivity index (χ3v) is 4.18. The monoisotopic (exact) mass is 282 g/mol. The van der Waals surface area contributed by atoms with Crippen LogP contribution in [0, 0.1) is 11.3 Å². The average molecular weight is 282 g/mol. The molecule has 0 spiro atoms. The molecule has 20 heavy (non-hydrogen) atoms. The number of carbonyl (C=O) groups is 2. The van der Waals surface area contributed by atoms with Crippen molar-refractivity contribution in [2.24, 2.45) is 11.3 Å². The zero-order valence-corrected chi connectivity index (χ0v) is 11.7. The van der Waals surface area contributed by atoms with Gasteiger partial charge in [-0.1, -0.05) is 12.2 Å². The molecule has 1 amide bonds. The van der Waals surface area contributed by atoms with E-state index in [2.05, 4.69) is 10.6 Å². The molecule has 2 unspecified atom stereocenters. The fourth-order valence-electron chi connectivity index (χ4n) is 2.93.